The van der Waals surface area contributed by atoms with E-state index in [1.54, 1.807) is 12.1 Å². The number of hydrogen-bond acceptors (Lipinski definition) is 3. The zero-order valence-electron chi connectivity index (χ0n) is 4.77. The van der Waals surface area contributed by atoms with Gasteiger partial charge in [0.2, 0.25) is 0 Å². The van der Waals surface area contributed by atoms with Crippen molar-refractivity contribution >= 4 is 28.4 Å². The minimum Gasteiger partial charge on any atom is -0.148 e. The van der Waals surface area contributed by atoms with Crippen molar-refractivity contribution in [2.45, 2.75) is 0 Å². The van der Waals surface area contributed by atoms with E-state index < -0.39 is 0 Å². The van der Waals surface area contributed by atoms with E-state index in [1.165, 1.54) is 0 Å². The van der Waals surface area contributed by atoms with Crippen LogP contribution in [-0.2, 0) is 0 Å². The molecule has 10 heavy (non-hydrogen) atoms. The third-order valence-electron chi connectivity index (χ3n) is 0.765. The molecular weight excluding hydrogens is 245 g/mol. The summed E-state index contributed by atoms with van der Waals surface area (Å²) < 4.78 is 0.773. The Bertz CT molecular complexity index is 261. The standard InChI is InChI=1S/C4H2IN5/c5-3-1-2-4(8-7-3)9-10-6/h1-2H. The van der Waals surface area contributed by atoms with Crippen LogP contribution in [0.5, 0.6) is 0 Å². The van der Waals surface area contributed by atoms with Gasteiger partial charge in [-0.25, -0.2) is 0 Å². The molecule has 6 heteroatoms. The molecule has 0 bridgehead atoms. The van der Waals surface area contributed by atoms with Gasteiger partial charge in [-0.15, -0.1) is 10.2 Å². The van der Waals surface area contributed by atoms with E-state index in [1.807, 2.05) is 22.6 Å². The van der Waals surface area contributed by atoms with Crippen LogP contribution in [0.3, 0.4) is 0 Å². The van der Waals surface area contributed by atoms with Crippen LogP contribution in [-0.4, -0.2) is 10.2 Å². The highest BCUT2D eigenvalue weighted by molar-refractivity contribution is 14.1. The van der Waals surface area contributed by atoms with Crippen molar-refractivity contribution in [2.24, 2.45) is 5.11 Å². The van der Waals surface area contributed by atoms with Gasteiger partial charge in [0.1, 0.15) is 9.52 Å². The Hall–Kier alpha value is -0.880. The summed E-state index contributed by atoms with van der Waals surface area (Å²) in [5, 5.41) is 10.5. The maximum Gasteiger partial charge on any atom is 0.149 e. The summed E-state index contributed by atoms with van der Waals surface area (Å²) in [6, 6.07) is 3.33. The van der Waals surface area contributed by atoms with Crippen LogP contribution in [0.4, 0.5) is 5.82 Å². The molecule has 0 spiro atoms. The second-order valence-electron chi connectivity index (χ2n) is 1.40. The predicted molar refractivity (Wildman–Crippen MR) is 43.6 cm³/mol. The van der Waals surface area contributed by atoms with Crippen molar-refractivity contribution in [3.63, 3.8) is 0 Å². The molecule has 0 saturated heterocycles. The van der Waals surface area contributed by atoms with E-state index in [0.29, 0.717) is 5.82 Å². The zero-order valence-corrected chi connectivity index (χ0v) is 6.93. The molecule has 0 fully saturated rings. The first-order valence-electron chi connectivity index (χ1n) is 2.37. The summed E-state index contributed by atoms with van der Waals surface area (Å²) in [6.07, 6.45) is 0. The second kappa shape index (κ2) is 3.33. The summed E-state index contributed by atoms with van der Waals surface area (Å²) >= 11 is 2.02. The van der Waals surface area contributed by atoms with Gasteiger partial charge in [-0.2, -0.15) is 0 Å². The lowest BCUT2D eigenvalue weighted by Crippen LogP contribution is -1.82. The summed E-state index contributed by atoms with van der Waals surface area (Å²) in [7, 11) is 0. The fraction of sp³-hybridized carbons (Fsp3) is 0. The van der Waals surface area contributed by atoms with Crippen LogP contribution < -0.4 is 0 Å². The van der Waals surface area contributed by atoms with Crippen molar-refractivity contribution in [3.8, 4) is 0 Å². The van der Waals surface area contributed by atoms with Gasteiger partial charge in [0.05, 0.1) is 0 Å². The number of rotatable bonds is 1. The van der Waals surface area contributed by atoms with Gasteiger partial charge in [0.15, 0.2) is 0 Å². The largest absolute Gasteiger partial charge is 0.149 e. The molecule has 0 aliphatic heterocycles. The van der Waals surface area contributed by atoms with Crippen LogP contribution in [0.2, 0.25) is 0 Å². The Morgan fingerprint density at radius 1 is 1.50 bits per heavy atom. The lowest BCUT2D eigenvalue weighted by atomic mass is 10.5. The van der Waals surface area contributed by atoms with E-state index in [-0.39, 0.29) is 0 Å². The predicted octanol–water partition coefficient (Wildman–Crippen LogP) is 2.02. The van der Waals surface area contributed by atoms with Crippen LogP contribution >= 0.6 is 22.6 Å². The molecule has 0 aliphatic carbocycles. The van der Waals surface area contributed by atoms with Gasteiger partial charge >= 0.3 is 0 Å². The Labute approximate surface area is 70.2 Å². The molecule has 0 aliphatic rings. The van der Waals surface area contributed by atoms with E-state index in [0.717, 1.165) is 3.70 Å². The first kappa shape index (κ1) is 7.23. The molecule has 0 aromatic carbocycles. The molecule has 50 valence electrons. The maximum absolute atomic E-state index is 7.98. The molecule has 1 heterocycles. The van der Waals surface area contributed by atoms with Crippen molar-refractivity contribution in [3.05, 3.63) is 26.3 Å². The number of hydrogen-bond donors (Lipinski definition) is 0. The second-order valence-corrected chi connectivity index (χ2v) is 2.51. The van der Waals surface area contributed by atoms with Crippen molar-refractivity contribution in [1.29, 1.82) is 0 Å². The van der Waals surface area contributed by atoms with Gasteiger partial charge in [-0.3, -0.25) is 0 Å². The molecule has 1 aromatic rings. The summed E-state index contributed by atoms with van der Waals surface area (Å²) in [4.78, 5) is 2.56. The SMILES string of the molecule is [N-]=[N+]=Nc1ccc(I)nn1. The molecule has 0 saturated carbocycles. The molecule has 0 amide bonds. The number of nitrogens with zero attached hydrogens (tertiary/aromatic N) is 5. The number of aromatic nitrogens is 2. The van der Waals surface area contributed by atoms with Gasteiger partial charge in [-0.1, -0.05) is 0 Å². The Kier molecular flexibility index (Phi) is 2.41. The maximum atomic E-state index is 7.98. The normalized spacial score (nSPS) is 8.50. The van der Waals surface area contributed by atoms with Gasteiger partial charge < -0.3 is 0 Å². The Morgan fingerprint density at radius 3 is 2.80 bits per heavy atom. The highest BCUT2D eigenvalue weighted by Gasteiger charge is 1.88. The Balaban J connectivity index is 3.00. The minimum atomic E-state index is 0.294. The monoisotopic (exact) mass is 247 g/mol. The number of azide groups is 1. The minimum absolute atomic E-state index is 0.294. The molecule has 1 aromatic heterocycles. The van der Waals surface area contributed by atoms with E-state index >= 15 is 0 Å². The van der Waals surface area contributed by atoms with Gasteiger partial charge in [0, 0.05) is 4.91 Å². The molecule has 0 unspecified atom stereocenters. The van der Waals surface area contributed by atoms with E-state index in [2.05, 4.69) is 20.2 Å². The number of halogens is 1. The lowest BCUT2D eigenvalue weighted by molar-refractivity contribution is 0.994. The zero-order chi connectivity index (χ0) is 7.40. The van der Waals surface area contributed by atoms with Crippen molar-refractivity contribution < 1.29 is 0 Å². The summed E-state index contributed by atoms with van der Waals surface area (Å²) in [5.41, 5.74) is 7.98. The molecule has 0 radical (unpaired) electrons. The molecular formula is C4H2IN5. The summed E-state index contributed by atoms with van der Waals surface area (Å²) in [5.74, 6) is 0.294. The first-order chi connectivity index (χ1) is 4.83. The van der Waals surface area contributed by atoms with Crippen molar-refractivity contribution in [1.82, 2.24) is 10.2 Å². The van der Waals surface area contributed by atoms with Crippen LogP contribution in [0.25, 0.3) is 10.4 Å². The third kappa shape index (κ3) is 1.82. The van der Waals surface area contributed by atoms with Gasteiger partial charge in [0.25, 0.3) is 0 Å². The smallest absolute Gasteiger partial charge is 0.148 e. The van der Waals surface area contributed by atoms with E-state index in [4.69, 9.17) is 5.53 Å². The topological polar surface area (TPSA) is 74.5 Å². The molecule has 0 atom stereocenters. The highest BCUT2D eigenvalue weighted by Crippen LogP contribution is 2.06. The lowest BCUT2D eigenvalue weighted by Gasteiger charge is -1.86. The third-order valence-corrected chi connectivity index (χ3v) is 1.34. The Morgan fingerprint density at radius 2 is 2.30 bits per heavy atom. The highest BCUT2D eigenvalue weighted by atomic mass is 127. The van der Waals surface area contributed by atoms with Crippen LogP contribution in [0.15, 0.2) is 17.2 Å². The summed E-state index contributed by atoms with van der Waals surface area (Å²) in [6.45, 7) is 0. The van der Waals surface area contributed by atoms with Crippen LogP contribution in [0.1, 0.15) is 0 Å². The average Bonchev–Trinajstić information content (AvgIpc) is 1.95. The molecule has 0 N–H and O–H groups in total. The molecule has 1 rings (SSSR count). The average molecular weight is 247 g/mol. The van der Waals surface area contributed by atoms with E-state index in [9.17, 15) is 0 Å². The quantitative estimate of drug-likeness (QED) is 0.329. The first-order valence-corrected chi connectivity index (χ1v) is 3.45. The van der Waals surface area contributed by atoms with Crippen molar-refractivity contribution in [2.75, 3.05) is 0 Å². The van der Waals surface area contributed by atoms with Crippen LogP contribution in [0, 0.1) is 3.70 Å². The van der Waals surface area contributed by atoms with Gasteiger partial charge in [-0.05, 0) is 45.4 Å². The molecule has 5 nitrogen and oxygen atoms in total. The fourth-order valence-corrected chi connectivity index (χ4v) is 0.696. The fourth-order valence-electron chi connectivity index (χ4n) is 0.408.